The maximum absolute atomic E-state index is 11.4. The fourth-order valence-corrected chi connectivity index (χ4v) is 1.27. The second-order valence-corrected chi connectivity index (χ2v) is 3.26. The van der Waals surface area contributed by atoms with Crippen molar-refractivity contribution in [2.24, 2.45) is 0 Å². The number of rotatable bonds is 4. The zero-order chi connectivity index (χ0) is 11.4. The molecular formula is C11H11NO4. The van der Waals surface area contributed by atoms with Crippen LogP contribution in [0.25, 0.3) is 0 Å². The summed E-state index contributed by atoms with van der Waals surface area (Å²) in [6, 6.07) is 4.82. The highest BCUT2D eigenvalue weighted by atomic mass is 16.3. The summed E-state index contributed by atoms with van der Waals surface area (Å²) in [4.78, 5) is 11.4. The third-order valence-corrected chi connectivity index (χ3v) is 2.13. The number of aliphatic hydroxyl groups is 1. The average Bonchev–Trinajstić information content (AvgIpc) is 2.95. The van der Waals surface area contributed by atoms with Crippen molar-refractivity contribution in [1.82, 2.24) is 5.32 Å². The quantitative estimate of drug-likeness (QED) is 0.816. The minimum Gasteiger partial charge on any atom is -0.472 e. The lowest BCUT2D eigenvalue weighted by atomic mass is 10.2. The third kappa shape index (κ3) is 2.32. The Morgan fingerprint density at radius 2 is 2.31 bits per heavy atom. The average molecular weight is 221 g/mol. The minimum absolute atomic E-state index is 0.110. The third-order valence-electron chi connectivity index (χ3n) is 2.13. The van der Waals surface area contributed by atoms with Gasteiger partial charge in [0.2, 0.25) is 0 Å². The predicted octanol–water partition coefficient (Wildman–Crippen LogP) is 1.34. The lowest BCUT2D eigenvalue weighted by molar-refractivity contribution is 0.0888. The van der Waals surface area contributed by atoms with Crippen LogP contribution in [0, 0.1) is 0 Å². The summed E-state index contributed by atoms with van der Waals surface area (Å²) in [5.41, 5.74) is 0.625. The van der Waals surface area contributed by atoms with Crippen molar-refractivity contribution in [2.45, 2.75) is 6.10 Å². The van der Waals surface area contributed by atoms with E-state index in [2.05, 4.69) is 5.32 Å². The highest BCUT2D eigenvalue weighted by molar-refractivity contribution is 5.91. The molecule has 0 spiro atoms. The number of nitrogens with one attached hydrogen (secondary N) is 1. The van der Waals surface area contributed by atoms with E-state index in [0.717, 1.165) is 0 Å². The van der Waals surface area contributed by atoms with Gasteiger partial charge in [-0.25, -0.2) is 0 Å². The van der Waals surface area contributed by atoms with Crippen molar-refractivity contribution in [3.63, 3.8) is 0 Å². The molecule has 5 heteroatoms. The van der Waals surface area contributed by atoms with Gasteiger partial charge in [-0.1, -0.05) is 0 Å². The van der Waals surface area contributed by atoms with Gasteiger partial charge in [0.15, 0.2) is 5.76 Å². The Labute approximate surface area is 91.7 Å². The molecule has 2 aromatic heterocycles. The molecule has 1 atom stereocenters. The Bertz CT molecular complexity index is 433. The van der Waals surface area contributed by atoms with Crippen molar-refractivity contribution >= 4 is 5.91 Å². The molecule has 0 aliphatic rings. The monoisotopic (exact) mass is 221 g/mol. The van der Waals surface area contributed by atoms with Crippen LogP contribution in [-0.4, -0.2) is 17.6 Å². The van der Waals surface area contributed by atoms with Crippen LogP contribution in [0.15, 0.2) is 45.8 Å². The van der Waals surface area contributed by atoms with Crippen LogP contribution in [0.3, 0.4) is 0 Å². The molecule has 0 saturated carbocycles. The first-order chi connectivity index (χ1) is 7.77. The number of aliphatic hydroxyl groups excluding tert-OH is 1. The van der Waals surface area contributed by atoms with E-state index in [1.54, 1.807) is 18.2 Å². The zero-order valence-corrected chi connectivity index (χ0v) is 8.42. The second-order valence-electron chi connectivity index (χ2n) is 3.26. The number of hydrogen-bond acceptors (Lipinski definition) is 4. The van der Waals surface area contributed by atoms with E-state index in [1.807, 2.05) is 0 Å². The number of carbonyl (C=O) groups is 1. The molecule has 2 heterocycles. The van der Waals surface area contributed by atoms with Gasteiger partial charge in [-0.3, -0.25) is 4.79 Å². The van der Waals surface area contributed by atoms with Gasteiger partial charge in [0.25, 0.3) is 5.91 Å². The molecule has 1 unspecified atom stereocenters. The molecule has 0 aliphatic carbocycles. The Kier molecular flexibility index (Phi) is 3.07. The lowest BCUT2D eigenvalue weighted by Crippen LogP contribution is -2.27. The van der Waals surface area contributed by atoms with Crippen LogP contribution in [0.1, 0.15) is 22.2 Å². The van der Waals surface area contributed by atoms with Gasteiger partial charge in [-0.05, 0) is 18.2 Å². The number of furan rings is 2. The summed E-state index contributed by atoms with van der Waals surface area (Å²) in [5.74, 6) is -0.132. The highest BCUT2D eigenvalue weighted by Crippen LogP contribution is 2.11. The molecule has 0 aromatic carbocycles. The Hall–Kier alpha value is -2.01. The van der Waals surface area contributed by atoms with Gasteiger partial charge in [0, 0.05) is 12.1 Å². The topological polar surface area (TPSA) is 75.6 Å². The van der Waals surface area contributed by atoms with Crippen molar-refractivity contribution < 1.29 is 18.7 Å². The van der Waals surface area contributed by atoms with E-state index in [9.17, 15) is 9.90 Å². The molecule has 0 radical (unpaired) electrons. The van der Waals surface area contributed by atoms with Crippen molar-refractivity contribution in [1.29, 1.82) is 0 Å². The minimum atomic E-state index is -0.780. The first kappa shape index (κ1) is 10.5. The summed E-state index contributed by atoms with van der Waals surface area (Å²) in [5, 5.41) is 12.2. The van der Waals surface area contributed by atoms with Crippen molar-refractivity contribution in [3.8, 4) is 0 Å². The molecule has 2 rings (SSSR count). The molecule has 2 N–H and O–H groups in total. The number of hydrogen-bond donors (Lipinski definition) is 2. The van der Waals surface area contributed by atoms with Crippen LogP contribution < -0.4 is 5.32 Å². The van der Waals surface area contributed by atoms with E-state index < -0.39 is 6.10 Å². The summed E-state index contributed by atoms with van der Waals surface area (Å²) in [7, 11) is 0. The first-order valence-electron chi connectivity index (χ1n) is 4.79. The number of carbonyl (C=O) groups excluding carboxylic acids is 1. The SMILES string of the molecule is O=C(NCC(O)c1ccoc1)c1ccco1. The molecular weight excluding hydrogens is 210 g/mol. The van der Waals surface area contributed by atoms with Crippen molar-refractivity contribution in [2.75, 3.05) is 6.54 Å². The van der Waals surface area contributed by atoms with Crippen LogP contribution in [0.4, 0.5) is 0 Å². The van der Waals surface area contributed by atoms with Crippen LogP contribution in [0.5, 0.6) is 0 Å². The van der Waals surface area contributed by atoms with Gasteiger partial charge < -0.3 is 19.3 Å². The summed E-state index contributed by atoms with van der Waals surface area (Å²) >= 11 is 0. The normalized spacial score (nSPS) is 12.3. The summed E-state index contributed by atoms with van der Waals surface area (Å²) in [6.45, 7) is 0.110. The smallest absolute Gasteiger partial charge is 0.287 e. The molecule has 16 heavy (non-hydrogen) atoms. The maximum atomic E-state index is 11.4. The van der Waals surface area contributed by atoms with Gasteiger partial charge in [0.1, 0.15) is 0 Å². The molecule has 84 valence electrons. The van der Waals surface area contributed by atoms with Crippen LogP contribution in [0.2, 0.25) is 0 Å². The predicted molar refractivity (Wildman–Crippen MR) is 54.7 cm³/mol. The fraction of sp³-hybridized carbons (Fsp3) is 0.182. The van der Waals surface area contributed by atoms with E-state index in [4.69, 9.17) is 8.83 Å². The standard InChI is InChI=1S/C11H11NO4/c13-9(8-3-5-15-7-8)6-12-11(14)10-2-1-4-16-10/h1-5,7,9,13H,6H2,(H,12,14). The van der Waals surface area contributed by atoms with Crippen LogP contribution >= 0.6 is 0 Å². The largest absolute Gasteiger partial charge is 0.472 e. The zero-order valence-electron chi connectivity index (χ0n) is 8.42. The molecule has 2 aromatic rings. The second kappa shape index (κ2) is 4.67. The molecule has 0 saturated heterocycles. The molecule has 5 nitrogen and oxygen atoms in total. The number of amides is 1. The van der Waals surface area contributed by atoms with E-state index >= 15 is 0 Å². The van der Waals surface area contributed by atoms with Gasteiger partial charge in [-0.15, -0.1) is 0 Å². The Morgan fingerprint density at radius 1 is 1.44 bits per heavy atom. The van der Waals surface area contributed by atoms with E-state index in [-0.39, 0.29) is 18.2 Å². The Balaban J connectivity index is 1.86. The first-order valence-corrected chi connectivity index (χ1v) is 4.79. The Morgan fingerprint density at radius 3 is 2.94 bits per heavy atom. The molecule has 0 bridgehead atoms. The van der Waals surface area contributed by atoms with E-state index in [0.29, 0.717) is 5.56 Å². The molecule has 0 fully saturated rings. The van der Waals surface area contributed by atoms with Gasteiger partial charge >= 0.3 is 0 Å². The lowest BCUT2D eigenvalue weighted by Gasteiger charge is -2.08. The van der Waals surface area contributed by atoms with Crippen LogP contribution in [-0.2, 0) is 0 Å². The molecule has 1 amide bonds. The summed E-state index contributed by atoms with van der Waals surface area (Å²) < 4.78 is 9.73. The van der Waals surface area contributed by atoms with Gasteiger partial charge in [-0.2, -0.15) is 0 Å². The fourth-order valence-electron chi connectivity index (χ4n) is 1.27. The highest BCUT2D eigenvalue weighted by Gasteiger charge is 2.12. The maximum Gasteiger partial charge on any atom is 0.287 e. The van der Waals surface area contributed by atoms with E-state index in [1.165, 1.54) is 18.8 Å². The molecule has 0 aliphatic heterocycles. The summed E-state index contributed by atoms with van der Waals surface area (Å²) in [6.07, 6.45) is 3.54. The van der Waals surface area contributed by atoms with Crippen molar-refractivity contribution in [3.05, 3.63) is 48.3 Å². The van der Waals surface area contributed by atoms with Gasteiger partial charge in [0.05, 0.1) is 24.9 Å².